The average molecular weight is 310 g/mol. The van der Waals surface area contributed by atoms with Gasteiger partial charge in [-0.25, -0.2) is 0 Å². The molecule has 0 bridgehead atoms. The van der Waals surface area contributed by atoms with Gasteiger partial charge in [-0.3, -0.25) is 0 Å². The van der Waals surface area contributed by atoms with Crippen molar-refractivity contribution in [3.63, 3.8) is 0 Å². The van der Waals surface area contributed by atoms with E-state index in [4.69, 9.17) is 9.47 Å². The van der Waals surface area contributed by atoms with Crippen molar-refractivity contribution in [3.8, 4) is 17.2 Å². The number of phenolic OH excluding ortho intramolecular Hbond substituents is 1. The Kier molecular flexibility index (Phi) is 5.47. The predicted octanol–water partition coefficient (Wildman–Crippen LogP) is 4.83. The predicted molar refractivity (Wildman–Crippen MR) is 95.1 cm³/mol. The Bertz CT molecular complexity index is 730. The van der Waals surface area contributed by atoms with Gasteiger partial charge in [0, 0.05) is 0 Å². The van der Waals surface area contributed by atoms with Crippen molar-refractivity contribution in [1.82, 2.24) is 0 Å². The highest BCUT2D eigenvalue weighted by Gasteiger charge is 2.03. The molecule has 0 spiro atoms. The van der Waals surface area contributed by atoms with Crippen LogP contribution in [0.5, 0.6) is 17.2 Å². The Morgan fingerprint density at radius 2 is 2.00 bits per heavy atom. The van der Waals surface area contributed by atoms with Gasteiger partial charge in [-0.2, -0.15) is 0 Å². The van der Waals surface area contributed by atoms with Gasteiger partial charge in [0.05, 0.1) is 13.7 Å². The molecule has 2 aromatic carbocycles. The lowest BCUT2D eigenvalue weighted by molar-refractivity contribution is 0.318. The summed E-state index contributed by atoms with van der Waals surface area (Å²) >= 11 is 0. The van der Waals surface area contributed by atoms with Crippen molar-refractivity contribution in [2.24, 2.45) is 0 Å². The number of rotatable bonds is 6. The lowest BCUT2D eigenvalue weighted by Crippen LogP contribution is -1.91. The van der Waals surface area contributed by atoms with Gasteiger partial charge in [0.1, 0.15) is 5.75 Å². The monoisotopic (exact) mass is 310 g/mol. The fourth-order valence-corrected chi connectivity index (χ4v) is 2.26. The van der Waals surface area contributed by atoms with Crippen LogP contribution in [0.2, 0.25) is 0 Å². The molecule has 0 fully saturated rings. The van der Waals surface area contributed by atoms with Crippen molar-refractivity contribution in [3.05, 3.63) is 65.7 Å². The van der Waals surface area contributed by atoms with E-state index in [-0.39, 0.29) is 5.75 Å². The van der Waals surface area contributed by atoms with E-state index in [0.29, 0.717) is 12.4 Å². The maximum atomic E-state index is 9.91. The summed E-state index contributed by atoms with van der Waals surface area (Å²) in [5.74, 6) is 1.44. The molecule has 0 aliphatic rings. The first-order valence-corrected chi connectivity index (χ1v) is 7.52. The molecule has 120 valence electrons. The molecule has 0 atom stereocenters. The third kappa shape index (κ3) is 4.39. The van der Waals surface area contributed by atoms with Crippen LogP contribution in [0.3, 0.4) is 0 Å². The molecule has 1 N–H and O–H groups in total. The minimum atomic E-state index is 0.136. The van der Waals surface area contributed by atoms with E-state index in [1.165, 1.54) is 0 Å². The number of benzene rings is 2. The zero-order valence-electron chi connectivity index (χ0n) is 13.8. The zero-order valence-corrected chi connectivity index (χ0v) is 13.8. The molecule has 0 saturated heterocycles. The highest BCUT2D eigenvalue weighted by Crippen LogP contribution is 2.28. The summed E-state index contributed by atoms with van der Waals surface area (Å²) < 4.78 is 10.6. The Balaban J connectivity index is 2.18. The van der Waals surface area contributed by atoms with Crippen molar-refractivity contribution in [1.29, 1.82) is 0 Å². The quantitative estimate of drug-likeness (QED) is 0.776. The Morgan fingerprint density at radius 1 is 1.22 bits per heavy atom. The first kappa shape index (κ1) is 16.7. The van der Waals surface area contributed by atoms with E-state index < -0.39 is 0 Å². The molecule has 0 unspecified atom stereocenters. The first-order chi connectivity index (χ1) is 11.0. The van der Waals surface area contributed by atoms with Crippen molar-refractivity contribution < 1.29 is 14.6 Å². The molecule has 0 amide bonds. The van der Waals surface area contributed by atoms with Gasteiger partial charge in [-0.1, -0.05) is 30.9 Å². The second kappa shape index (κ2) is 7.54. The molecule has 23 heavy (non-hydrogen) atoms. The fourth-order valence-electron chi connectivity index (χ4n) is 2.26. The summed E-state index contributed by atoms with van der Waals surface area (Å²) in [5, 5.41) is 9.91. The number of ether oxygens (including phenoxy) is 2. The summed E-state index contributed by atoms with van der Waals surface area (Å²) in [5.41, 5.74) is 3.88. The largest absolute Gasteiger partial charge is 0.504 e. The SMILES string of the molecule is C=C(/C=C/c1ccc(OCC)c(O)c1)c1cc(C)cc(OC)c1. The van der Waals surface area contributed by atoms with Gasteiger partial charge in [0.25, 0.3) is 0 Å². The van der Waals surface area contributed by atoms with E-state index in [0.717, 1.165) is 28.0 Å². The summed E-state index contributed by atoms with van der Waals surface area (Å²) in [6.07, 6.45) is 3.83. The second-order valence-corrected chi connectivity index (χ2v) is 5.26. The molecule has 3 nitrogen and oxygen atoms in total. The van der Waals surface area contributed by atoms with E-state index in [1.807, 2.05) is 44.2 Å². The maximum Gasteiger partial charge on any atom is 0.160 e. The fraction of sp³-hybridized carbons (Fsp3) is 0.200. The van der Waals surface area contributed by atoms with E-state index in [2.05, 4.69) is 12.6 Å². The van der Waals surface area contributed by atoms with Crippen LogP contribution in [0, 0.1) is 6.92 Å². The molecular weight excluding hydrogens is 288 g/mol. The van der Waals surface area contributed by atoms with Crippen LogP contribution in [0.1, 0.15) is 23.6 Å². The third-order valence-electron chi connectivity index (χ3n) is 3.42. The smallest absolute Gasteiger partial charge is 0.160 e. The zero-order chi connectivity index (χ0) is 16.8. The molecule has 0 aliphatic heterocycles. The van der Waals surface area contributed by atoms with Crippen LogP contribution in [0.4, 0.5) is 0 Å². The van der Waals surface area contributed by atoms with E-state index >= 15 is 0 Å². The Hall–Kier alpha value is -2.68. The minimum Gasteiger partial charge on any atom is -0.504 e. The molecule has 2 rings (SSSR count). The molecule has 0 aromatic heterocycles. The maximum absolute atomic E-state index is 9.91. The minimum absolute atomic E-state index is 0.136. The van der Waals surface area contributed by atoms with Gasteiger partial charge in [-0.15, -0.1) is 0 Å². The molecule has 0 saturated carbocycles. The highest BCUT2D eigenvalue weighted by atomic mass is 16.5. The van der Waals surface area contributed by atoms with Crippen molar-refractivity contribution in [2.45, 2.75) is 13.8 Å². The van der Waals surface area contributed by atoms with Gasteiger partial charge in [0.2, 0.25) is 0 Å². The Morgan fingerprint density at radius 3 is 2.65 bits per heavy atom. The molecule has 3 heteroatoms. The standard InChI is InChI=1S/C20H22O3/c1-5-23-20-9-8-16(12-19(20)21)7-6-15(3)17-10-14(2)11-18(13-17)22-4/h6-13,21H,3,5H2,1-2,4H3/b7-6+. The number of hydrogen-bond donors (Lipinski definition) is 1. The van der Waals surface area contributed by atoms with Crippen LogP contribution >= 0.6 is 0 Å². The summed E-state index contributed by atoms with van der Waals surface area (Å²) in [6.45, 7) is 8.52. The van der Waals surface area contributed by atoms with Crippen LogP contribution in [0.25, 0.3) is 11.6 Å². The number of allylic oxidation sites excluding steroid dienone is 2. The van der Waals surface area contributed by atoms with Gasteiger partial charge in [-0.05, 0) is 60.4 Å². The first-order valence-electron chi connectivity index (χ1n) is 7.52. The van der Waals surface area contributed by atoms with Gasteiger partial charge < -0.3 is 14.6 Å². The van der Waals surface area contributed by atoms with E-state index in [1.54, 1.807) is 19.2 Å². The lowest BCUT2D eigenvalue weighted by atomic mass is 10.0. The van der Waals surface area contributed by atoms with Crippen LogP contribution in [-0.2, 0) is 0 Å². The normalized spacial score (nSPS) is 10.7. The van der Waals surface area contributed by atoms with E-state index in [9.17, 15) is 5.11 Å². The third-order valence-corrected chi connectivity index (χ3v) is 3.42. The summed E-state index contributed by atoms with van der Waals surface area (Å²) in [7, 11) is 1.65. The van der Waals surface area contributed by atoms with Crippen LogP contribution in [0.15, 0.2) is 49.1 Å². The van der Waals surface area contributed by atoms with Crippen molar-refractivity contribution >= 4 is 11.6 Å². The Labute approximate surface area is 137 Å². The number of methoxy groups -OCH3 is 1. The molecule has 2 aromatic rings. The van der Waals surface area contributed by atoms with Crippen molar-refractivity contribution in [2.75, 3.05) is 13.7 Å². The topological polar surface area (TPSA) is 38.7 Å². The van der Waals surface area contributed by atoms with Gasteiger partial charge >= 0.3 is 0 Å². The van der Waals surface area contributed by atoms with Gasteiger partial charge in [0.15, 0.2) is 11.5 Å². The lowest BCUT2D eigenvalue weighted by Gasteiger charge is -2.07. The molecular formula is C20H22O3. The number of hydrogen-bond acceptors (Lipinski definition) is 3. The second-order valence-electron chi connectivity index (χ2n) is 5.26. The molecule has 0 radical (unpaired) electrons. The van der Waals surface area contributed by atoms with Crippen LogP contribution < -0.4 is 9.47 Å². The highest BCUT2D eigenvalue weighted by molar-refractivity contribution is 5.78. The summed E-state index contributed by atoms with van der Waals surface area (Å²) in [6, 6.07) is 11.3. The van der Waals surface area contributed by atoms with Crippen LogP contribution in [-0.4, -0.2) is 18.8 Å². The average Bonchev–Trinajstić information content (AvgIpc) is 2.54. The number of aryl methyl sites for hydroxylation is 1. The number of aromatic hydroxyl groups is 1. The molecule has 0 aliphatic carbocycles. The summed E-state index contributed by atoms with van der Waals surface area (Å²) in [4.78, 5) is 0. The number of phenols is 1. The molecule has 0 heterocycles.